The highest BCUT2D eigenvalue weighted by atomic mass is 35.5. The largest absolute Gasteiger partial charge is 0.418 e. The molecule has 0 aliphatic rings. The van der Waals surface area contributed by atoms with Crippen LogP contribution >= 0.6 is 11.6 Å². The van der Waals surface area contributed by atoms with Crippen molar-refractivity contribution in [2.45, 2.75) is 18.5 Å². The fourth-order valence-corrected chi connectivity index (χ4v) is 1.53. The molecule has 1 aromatic rings. The Morgan fingerprint density at radius 2 is 2.00 bits per heavy atom. The molecule has 0 saturated heterocycles. The van der Waals surface area contributed by atoms with Crippen LogP contribution in [0.1, 0.15) is 33.7 Å². The zero-order chi connectivity index (χ0) is 14.1. The van der Waals surface area contributed by atoms with Gasteiger partial charge in [0, 0.05) is 0 Å². The van der Waals surface area contributed by atoms with E-state index in [0.717, 1.165) is 0 Å². The molecular formula is C9H6ClF5N2O. The lowest BCUT2D eigenvalue weighted by Crippen LogP contribution is -2.22. The summed E-state index contributed by atoms with van der Waals surface area (Å²) in [4.78, 5) is 14.0. The Morgan fingerprint density at radius 1 is 1.44 bits per heavy atom. The summed E-state index contributed by atoms with van der Waals surface area (Å²) in [6.07, 6.45) is -8.09. The molecular weight excluding hydrogens is 283 g/mol. The number of hydrogen-bond acceptors (Lipinski definition) is 2. The molecule has 0 saturated carbocycles. The molecule has 2 N–H and O–H groups in total. The van der Waals surface area contributed by atoms with Crippen LogP contribution in [-0.2, 0) is 12.1 Å². The van der Waals surface area contributed by atoms with Crippen molar-refractivity contribution >= 4 is 17.5 Å². The molecule has 0 atom stereocenters. The number of halogens is 6. The molecule has 1 aromatic heterocycles. The highest BCUT2D eigenvalue weighted by Gasteiger charge is 2.39. The molecule has 0 spiro atoms. The van der Waals surface area contributed by atoms with Crippen LogP contribution in [0.4, 0.5) is 22.0 Å². The zero-order valence-electron chi connectivity index (χ0n) is 8.56. The quantitative estimate of drug-likeness (QED) is 0.687. The SMILES string of the molecule is NC(=O)c1cc(C(F)F)nc(CCl)c1C(F)(F)F. The molecule has 100 valence electrons. The average molecular weight is 289 g/mol. The maximum Gasteiger partial charge on any atom is 0.418 e. The van der Waals surface area contributed by atoms with E-state index in [2.05, 4.69) is 4.98 Å². The van der Waals surface area contributed by atoms with Crippen molar-refractivity contribution in [2.75, 3.05) is 0 Å². The Labute approximate surface area is 103 Å². The normalized spacial score (nSPS) is 11.9. The minimum Gasteiger partial charge on any atom is -0.366 e. The van der Waals surface area contributed by atoms with Crippen LogP contribution in [0.2, 0.25) is 0 Å². The van der Waals surface area contributed by atoms with Crippen LogP contribution < -0.4 is 5.73 Å². The maximum atomic E-state index is 12.7. The maximum absolute atomic E-state index is 12.7. The molecule has 0 radical (unpaired) electrons. The van der Waals surface area contributed by atoms with Gasteiger partial charge in [0.15, 0.2) is 0 Å². The first kappa shape index (κ1) is 14.6. The lowest BCUT2D eigenvalue weighted by Gasteiger charge is -2.15. The third-order valence-corrected chi connectivity index (χ3v) is 2.27. The van der Waals surface area contributed by atoms with Crippen molar-refractivity contribution in [3.63, 3.8) is 0 Å². The number of primary amides is 1. The molecule has 0 aliphatic heterocycles. The fraction of sp³-hybridized carbons (Fsp3) is 0.333. The monoisotopic (exact) mass is 288 g/mol. The number of hydrogen-bond donors (Lipinski definition) is 1. The van der Waals surface area contributed by atoms with Crippen molar-refractivity contribution in [3.8, 4) is 0 Å². The average Bonchev–Trinajstić information content (AvgIpc) is 2.25. The van der Waals surface area contributed by atoms with E-state index in [-0.39, 0.29) is 0 Å². The first-order chi connectivity index (χ1) is 8.18. The number of pyridine rings is 1. The van der Waals surface area contributed by atoms with Crippen molar-refractivity contribution in [2.24, 2.45) is 5.73 Å². The topological polar surface area (TPSA) is 56.0 Å². The molecule has 3 nitrogen and oxygen atoms in total. The standard InChI is InChI=1S/C9H6ClF5N2O/c10-2-5-6(9(13,14)15)3(8(16)18)1-4(17-5)7(11)12/h1,7H,2H2,(H2,16,18). The van der Waals surface area contributed by atoms with E-state index in [9.17, 15) is 26.7 Å². The second-order valence-electron chi connectivity index (χ2n) is 3.21. The van der Waals surface area contributed by atoms with Crippen molar-refractivity contribution in [1.29, 1.82) is 0 Å². The summed E-state index contributed by atoms with van der Waals surface area (Å²) in [5, 5.41) is 0. The van der Waals surface area contributed by atoms with Crippen LogP contribution in [0, 0.1) is 0 Å². The van der Waals surface area contributed by atoms with E-state index in [4.69, 9.17) is 17.3 Å². The predicted octanol–water partition coefficient (Wildman–Crippen LogP) is 2.88. The summed E-state index contributed by atoms with van der Waals surface area (Å²) in [5.41, 5.74) is 0.375. The number of amides is 1. The third-order valence-electron chi connectivity index (χ3n) is 2.01. The van der Waals surface area contributed by atoms with Gasteiger partial charge >= 0.3 is 6.18 Å². The molecule has 18 heavy (non-hydrogen) atoms. The molecule has 1 rings (SSSR count). The molecule has 0 fully saturated rings. The number of nitrogens with zero attached hydrogens (tertiary/aromatic N) is 1. The summed E-state index contributed by atoms with van der Waals surface area (Å²) >= 11 is 5.23. The smallest absolute Gasteiger partial charge is 0.366 e. The van der Waals surface area contributed by atoms with E-state index >= 15 is 0 Å². The van der Waals surface area contributed by atoms with Crippen LogP contribution in [0.25, 0.3) is 0 Å². The van der Waals surface area contributed by atoms with Crippen molar-refractivity contribution in [3.05, 3.63) is 28.6 Å². The lowest BCUT2D eigenvalue weighted by atomic mass is 10.0. The van der Waals surface area contributed by atoms with Crippen LogP contribution in [0.5, 0.6) is 0 Å². The van der Waals surface area contributed by atoms with Gasteiger partial charge in [-0.25, -0.2) is 13.8 Å². The summed E-state index contributed by atoms with van der Waals surface area (Å²) in [5.74, 6) is -2.24. The summed E-state index contributed by atoms with van der Waals surface area (Å²) in [7, 11) is 0. The Kier molecular flexibility index (Phi) is 4.10. The molecule has 0 bridgehead atoms. The second kappa shape index (κ2) is 5.05. The Bertz CT molecular complexity index is 475. The van der Waals surface area contributed by atoms with Gasteiger partial charge in [-0.3, -0.25) is 4.79 Å². The number of carbonyl (C=O) groups is 1. The summed E-state index contributed by atoms with van der Waals surface area (Å²) in [6.45, 7) is 0. The molecule has 0 aliphatic carbocycles. The molecule has 1 heterocycles. The number of rotatable bonds is 3. The minimum atomic E-state index is -4.96. The first-order valence-electron chi connectivity index (χ1n) is 4.43. The fourth-order valence-electron chi connectivity index (χ4n) is 1.34. The summed E-state index contributed by atoms with van der Waals surface area (Å²) < 4.78 is 62.9. The highest BCUT2D eigenvalue weighted by Crippen LogP contribution is 2.36. The van der Waals surface area contributed by atoms with Gasteiger partial charge in [-0.05, 0) is 6.07 Å². The van der Waals surface area contributed by atoms with E-state index in [1.807, 2.05) is 0 Å². The van der Waals surface area contributed by atoms with Gasteiger partial charge in [-0.15, -0.1) is 11.6 Å². The van der Waals surface area contributed by atoms with Crippen molar-refractivity contribution < 1.29 is 26.7 Å². The highest BCUT2D eigenvalue weighted by molar-refractivity contribution is 6.17. The first-order valence-corrected chi connectivity index (χ1v) is 4.96. The third kappa shape index (κ3) is 2.87. The van der Waals surface area contributed by atoms with Gasteiger partial charge in [0.25, 0.3) is 6.43 Å². The summed E-state index contributed by atoms with van der Waals surface area (Å²) in [6, 6.07) is 0.325. The van der Waals surface area contributed by atoms with Gasteiger partial charge < -0.3 is 5.73 Å². The Morgan fingerprint density at radius 3 is 2.33 bits per heavy atom. The number of alkyl halides is 6. The minimum absolute atomic E-state index is 0.325. The predicted molar refractivity (Wildman–Crippen MR) is 52.3 cm³/mol. The second-order valence-corrected chi connectivity index (χ2v) is 3.48. The van der Waals surface area contributed by atoms with E-state index in [1.54, 1.807) is 0 Å². The number of aromatic nitrogens is 1. The van der Waals surface area contributed by atoms with Gasteiger partial charge in [0.1, 0.15) is 5.69 Å². The van der Waals surface area contributed by atoms with Gasteiger partial charge in [-0.1, -0.05) is 0 Å². The Hall–Kier alpha value is -1.44. The van der Waals surface area contributed by atoms with Crippen molar-refractivity contribution in [1.82, 2.24) is 4.98 Å². The van der Waals surface area contributed by atoms with Crippen LogP contribution in [-0.4, -0.2) is 10.9 Å². The van der Waals surface area contributed by atoms with Crippen LogP contribution in [0.3, 0.4) is 0 Å². The van der Waals surface area contributed by atoms with Gasteiger partial charge in [0.05, 0.1) is 22.7 Å². The van der Waals surface area contributed by atoms with E-state index in [0.29, 0.717) is 6.07 Å². The Balaban J connectivity index is 3.62. The van der Waals surface area contributed by atoms with Gasteiger partial charge in [-0.2, -0.15) is 13.2 Å². The molecule has 0 aromatic carbocycles. The van der Waals surface area contributed by atoms with Gasteiger partial charge in [0.2, 0.25) is 5.91 Å². The lowest BCUT2D eigenvalue weighted by molar-refractivity contribution is -0.138. The van der Waals surface area contributed by atoms with E-state index in [1.165, 1.54) is 0 Å². The molecule has 9 heteroatoms. The molecule has 1 amide bonds. The number of carbonyl (C=O) groups excluding carboxylic acids is 1. The molecule has 0 unspecified atom stereocenters. The zero-order valence-corrected chi connectivity index (χ0v) is 9.32. The number of nitrogens with two attached hydrogens (primary N) is 1. The van der Waals surface area contributed by atoms with E-state index < -0.39 is 46.9 Å². The van der Waals surface area contributed by atoms with Crippen LogP contribution in [0.15, 0.2) is 6.07 Å².